The first kappa shape index (κ1) is 41.7. The maximum Gasteiger partial charge on any atom is 0.338 e. The highest BCUT2D eigenvalue weighted by molar-refractivity contribution is 5.92. The average molecular weight is 751 g/mol. The number of halogens is 4. The molecule has 3 rings (SSSR count). The summed E-state index contributed by atoms with van der Waals surface area (Å²) in [4.78, 5) is 37.1. The molecule has 0 radical (unpaired) electrons. The van der Waals surface area contributed by atoms with Crippen molar-refractivity contribution >= 4 is 30.1 Å². The summed E-state index contributed by atoms with van der Waals surface area (Å²) in [6, 6.07) is 10.4. The Balaban J connectivity index is 2.24. The summed E-state index contributed by atoms with van der Waals surface area (Å²) < 4.78 is 85.1. The Hall–Kier alpha value is -6.67. The second-order valence-electron chi connectivity index (χ2n) is 11.5. The molecular formula is C40H34F4O10. The van der Waals surface area contributed by atoms with Gasteiger partial charge in [0.1, 0.15) is 11.5 Å². The van der Waals surface area contributed by atoms with Crippen molar-refractivity contribution in [1.82, 2.24) is 0 Å². The van der Waals surface area contributed by atoms with Gasteiger partial charge in [-0.05, 0) is 80.8 Å². The highest BCUT2D eigenvalue weighted by Gasteiger charge is 2.20. The number of carbonyl (C=O) groups is 3. The van der Waals surface area contributed by atoms with Gasteiger partial charge in [0.2, 0.25) is 6.29 Å². The molecule has 0 fully saturated rings. The van der Waals surface area contributed by atoms with E-state index < -0.39 is 36.4 Å². The number of aliphatic hydroxyl groups is 1. The summed E-state index contributed by atoms with van der Waals surface area (Å²) >= 11 is 0. The number of benzene rings is 3. The molecule has 0 heterocycles. The van der Waals surface area contributed by atoms with E-state index in [9.17, 15) is 37.1 Å². The molecule has 0 saturated carbocycles. The summed E-state index contributed by atoms with van der Waals surface area (Å²) in [5, 5.41) is 10.2. The van der Waals surface area contributed by atoms with Crippen LogP contribution in [0.1, 0.15) is 38.8 Å². The molecule has 3 aromatic carbocycles. The van der Waals surface area contributed by atoms with Gasteiger partial charge in [-0.25, -0.2) is 14.4 Å². The zero-order valence-electron chi connectivity index (χ0n) is 29.5. The molecule has 0 bridgehead atoms. The molecule has 0 aliphatic carbocycles. The number of rotatable bonds is 16. The molecular weight excluding hydrogens is 716 g/mol. The number of hydrogen-bond donors (Lipinski definition) is 1. The van der Waals surface area contributed by atoms with Crippen LogP contribution >= 0.6 is 0 Å². The van der Waals surface area contributed by atoms with E-state index in [4.69, 9.17) is 28.4 Å². The lowest BCUT2D eigenvalue weighted by Crippen LogP contribution is -2.17. The molecule has 0 aliphatic rings. The lowest BCUT2D eigenvalue weighted by atomic mass is 10.00. The molecule has 0 spiro atoms. The van der Waals surface area contributed by atoms with Crippen molar-refractivity contribution in [3.8, 4) is 45.6 Å². The lowest BCUT2D eigenvalue weighted by molar-refractivity contribution is -0.132. The van der Waals surface area contributed by atoms with Gasteiger partial charge in [0.05, 0.1) is 0 Å². The van der Waals surface area contributed by atoms with Gasteiger partial charge in [0, 0.05) is 27.8 Å². The standard InChI is InChI=1S/C40H34F4O10/c1-21(2)37(45)51-29-13-10-25(15-33(29)53-39(47)23(5)6)9-11-27-17-32(50-20-36(43)44)28(18-31(27)49-19-35(41)42)26-12-14-30(52-38(46)22(3)4)34(16-26)54-40(48)24(7)8/h9-20,37,45H,1,3,5,7H2,2,4,6,8H3/b11-9+. The molecule has 282 valence electrons. The number of carbonyl (C=O) groups excluding carboxylic acids is 3. The monoisotopic (exact) mass is 750 g/mol. The molecule has 1 atom stereocenters. The Morgan fingerprint density at radius 3 is 1.63 bits per heavy atom. The predicted octanol–water partition coefficient (Wildman–Crippen LogP) is 9.48. The minimum atomic E-state index is -2.21. The Morgan fingerprint density at radius 1 is 0.611 bits per heavy atom. The Bertz CT molecular complexity index is 2100. The maximum absolute atomic E-state index is 13.3. The van der Waals surface area contributed by atoms with Crippen LogP contribution in [0.15, 0.2) is 122 Å². The number of hydrogen-bond acceptors (Lipinski definition) is 10. The van der Waals surface area contributed by atoms with E-state index in [1.807, 2.05) is 0 Å². The number of ether oxygens (including phenoxy) is 6. The quantitative estimate of drug-likeness (QED) is 0.0221. The zero-order valence-corrected chi connectivity index (χ0v) is 29.5. The van der Waals surface area contributed by atoms with E-state index in [0.717, 1.165) is 0 Å². The van der Waals surface area contributed by atoms with E-state index in [0.29, 0.717) is 5.56 Å². The van der Waals surface area contributed by atoms with Gasteiger partial charge in [-0.2, -0.15) is 17.6 Å². The Kier molecular flexibility index (Phi) is 14.5. The molecule has 1 unspecified atom stereocenters. The van der Waals surface area contributed by atoms with Crippen molar-refractivity contribution in [2.45, 2.75) is 34.0 Å². The maximum atomic E-state index is 13.3. The fourth-order valence-electron chi connectivity index (χ4n) is 3.96. The van der Waals surface area contributed by atoms with Crippen molar-refractivity contribution < 1.29 is 65.5 Å². The third-order valence-corrected chi connectivity index (χ3v) is 6.65. The van der Waals surface area contributed by atoms with Crippen molar-refractivity contribution in [3.63, 3.8) is 0 Å². The van der Waals surface area contributed by atoms with Crippen LogP contribution in [0.25, 0.3) is 23.3 Å². The van der Waals surface area contributed by atoms with Crippen LogP contribution < -0.4 is 28.4 Å². The molecule has 0 aliphatic heterocycles. The first-order valence-corrected chi connectivity index (χ1v) is 15.5. The number of esters is 3. The van der Waals surface area contributed by atoms with Crippen LogP contribution in [0.2, 0.25) is 0 Å². The minimum absolute atomic E-state index is 0.00950. The normalized spacial score (nSPS) is 11.1. The summed E-state index contributed by atoms with van der Waals surface area (Å²) in [5.74, 6) is -3.67. The van der Waals surface area contributed by atoms with Gasteiger partial charge < -0.3 is 33.5 Å². The van der Waals surface area contributed by atoms with E-state index in [1.54, 1.807) is 0 Å². The van der Waals surface area contributed by atoms with Crippen molar-refractivity contribution in [3.05, 3.63) is 133 Å². The molecule has 0 amide bonds. The highest BCUT2D eigenvalue weighted by atomic mass is 19.3. The molecule has 1 N–H and O–H groups in total. The Morgan fingerprint density at radius 2 is 1.11 bits per heavy atom. The highest BCUT2D eigenvalue weighted by Crippen LogP contribution is 2.42. The van der Waals surface area contributed by atoms with Crippen molar-refractivity contribution in [2.24, 2.45) is 0 Å². The van der Waals surface area contributed by atoms with Crippen LogP contribution in [0.3, 0.4) is 0 Å². The van der Waals surface area contributed by atoms with Crippen LogP contribution in [0.4, 0.5) is 17.6 Å². The lowest BCUT2D eigenvalue weighted by Gasteiger charge is -2.17. The van der Waals surface area contributed by atoms with Gasteiger partial charge in [-0.3, -0.25) is 0 Å². The molecule has 14 heteroatoms. The molecule has 10 nitrogen and oxygen atoms in total. The summed E-state index contributed by atoms with van der Waals surface area (Å²) in [6.07, 6.45) is -2.78. The van der Waals surface area contributed by atoms with Gasteiger partial charge in [-0.15, -0.1) is 0 Å². The van der Waals surface area contributed by atoms with Crippen molar-refractivity contribution in [2.75, 3.05) is 0 Å². The summed E-state index contributed by atoms with van der Waals surface area (Å²) in [5.41, 5.74) is 0.803. The molecule has 0 aromatic heterocycles. The van der Waals surface area contributed by atoms with Gasteiger partial charge in [-0.1, -0.05) is 50.6 Å². The summed E-state index contributed by atoms with van der Waals surface area (Å²) in [6.45, 7) is 19.9. The minimum Gasteiger partial charge on any atom is -0.459 e. The fraction of sp³-hybridized carbons (Fsp3) is 0.125. The van der Waals surface area contributed by atoms with Crippen LogP contribution in [0, 0.1) is 0 Å². The molecule has 0 saturated heterocycles. The second-order valence-corrected chi connectivity index (χ2v) is 11.5. The SMILES string of the molecule is C=C(C)C(=O)Oc1ccc(-c2cc(OC=C(F)F)c(/C=C/c3ccc(OC(O)C(=C)C)c(OC(=O)C(=C)C)c3)cc2OC=C(F)F)cc1OC(=O)C(=C)C. The topological polar surface area (TPSA) is 127 Å². The first-order chi connectivity index (χ1) is 25.4. The second kappa shape index (κ2) is 18.7. The van der Waals surface area contributed by atoms with E-state index >= 15 is 0 Å². The van der Waals surface area contributed by atoms with Crippen molar-refractivity contribution in [1.29, 1.82) is 0 Å². The van der Waals surface area contributed by atoms with Gasteiger partial charge in [0.15, 0.2) is 35.5 Å². The number of aliphatic hydroxyl groups excluding tert-OH is 1. The van der Waals surface area contributed by atoms with Crippen LogP contribution in [0.5, 0.6) is 34.5 Å². The van der Waals surface area contributed by atoms with Gasteiger partial charge in [0.25, 0.3) is 0 Å². The van der Waals surface area contributed by atoms with E-state index in [1.165, 1.54) is 88.4 Å². The van der Waals surface area contributed by atoms with E-state index in [2.05, 4.69) is 26.3 Å². The largest absolute Gasteiger partial charge is 0.459 e. The Labute approximate surface area is 307 Å². The zero-order chi connectivity index (χ0) is 40.3. The molecule has 54 heavy (non-hydrogen) atoms. The third kappa shape index (κ3) is 12.0. The first-order valence-electron chi connectivity index (χ1n) is 15.5. The summed E-state index contributed by atoms with van der Waals surface area (Å²) in [7, 11) is 0. The van der Waals surface area contributed by atoms with Crippen LogP contribution in [-0.4, -0.2) is 29.3 Å². The van der Waals surface area contributed by atoms with Crippen LogP contribution in [-0.2, 0) is 14.4 Å². The third-order valence-electron chi connectivity index (χ3n) is 6.65. The average Bonchev–Trinajstić information content (AvgIpc) is 3.10. The fourth-order valence-corrected chi connectivity index (χ4v) is 3.96. The predicted molar refractivity (Wildman–Crippen MR) is 192 cm³/mol. The van der Waals surface area contributed by atoms with E-state index in [-0.39, 0.29) is 86.0 Å². The molecule has 3 aromatic rings. The smallest absolute Gasteiger partial charge is 0.338 e. The van der Waals surface area contributed by atoms with Gasteiger partial charge >= 0.3 is 30.1 Å².